The molecule has 253 valence electrons. The predicted molar refractivity (Wildman–Crippen MR) is 165 cm³/mol. The maximum absolute atomic E-state index is 14.2. The number of aromatic nitrogens is 6. The molecule has 0 amide bonds. The molecule has 6 rings (SSSR count). The third-order valence-electron chi connectivity index (χ3n) is 7.15. The monoisotopic (exact) mass is 769 g/mol. The van der Waals surface area contributed by atoms with Gasteiger partial charge in [-0.3, -0.25) is 0 Å². The molecule has 0 saturated heterocycles. The van der Waals surface area contributed by atoms with Gasteiger partial charge in [-0.2, -0.15) is 39.5 Å². The average molecular weight is 771 g/mol. The molecular formula is C30H15BCl3F9N6Na. The molecule has 3 heterocycles. The molecule has 0 spiro atoms. The fraction of sp³-hybridized carbons (Fsp3) is 0.100. The molecule has 3 aromatic carbocycles. The van der Waals surface area contributed by atoms with Crippen LogP contribution >= 0.6 is 34.8 Å². The number of hydrogen-bond donors (Lipinski definition) is 0. The summed E-state index contributed by atoms with van der Waals surface area (Å²) >= 11 is 18.0. The van der Waals surface area contributed by atoms with Gasteiger partial charge in [0.05, 0.1) is 0 Å². The van der Waals surface area contributed by atoms with Crippen molar-refractivity contribution in [1.29, 1.82) is 0 Å². The molecule has 20 heteroatoms. The Morgan fingerprint density at radius 2 is 0.640 bits per heavy atom. The number of nitrogens with zero attached hydrogens (tertiary/aromatic N) is 6. The molecule has 0 aliphatic carbocycles. The molecule has 50 heavy (non-hydrogen) atoms. The second-order valence-electron chi connectivity index (χ2n) is 10.4. The van der Waals surface area contributed by atoms with Gasteiger partial charge < -0.3 is 13.8 Å². The Hall–Kier alpha value is -3.41. The first-order valence-corrected chi connectivity index (χ1v) is 14.8. The summed E-state index contributed by atoms with van der Waals surface area (Å²) in [6.07, 6.45) is -15.3. The minimum Gasteiger partial charge on any atom is -0.418 e. The quantitative estimate of drug-likeness (QED) is 0.133. The molecule has 3 aromatic heterocycles. The van der Waals surface area contributed by atoms with Gasteiger partial charge in [0.2, 0.25) is 0 Å². The van der Waals surface area contributed by atoms with Gasteiger partial charge in [-0.05, 0) is 71.3 Å². The van der Waals surface area contributed by atoms with Gasteiger partial charge in [-0.1, -0.05) is 71.2 Å². The van der Waals surface area contributed by atoms with Crippen molar-refractivity contribution in [2.75, 3.05) is 0 Å². The SMILES string of the molecule is FC(F)(F)c1cc(-c2ccc(Cl)cc2)n([B-](n2nc(C(F)(F)F)cc2-c2ccc(Cl)cc2)n2nc(C(F)(F)F)cc2-c2ccc(Cl)cc2)n1.[Na+]. The van der Waals surface area contributed by atoms with E-state index in [0.717, 1.165) is 0 Å². The Morgan fingerprint density at radius 3 is 0.840 bits per heavy atom. The van der Waals surface area contributed by atoms with Crippen LogP contribution in [0, 0.1) is 0 Å². The van der Waals surface area contributed by atoms with Crippen LogP contribution in [0.2, 0.25) is 15.1 Å². The van der Waals surface area contributed by atoms with Crippen molar-refractivity contribution in [2.24, 2.45) is 0 Å². The topological polar surface area (TPSA) is 53.5 Å². The van der Waals surface area contributed by atoms with Crippen LogP contribution in [0.1, 0.15) is 17.1 Å². The largest absolute Gasteiger partial charge is 1.00 e. The van der Waals surface area contributed by atoms with Crippen molar-refractivity contribution in [3.8, 4) is 33.8 Å². The normalized spacial score (nSPS) is 12.4. The third kappa shape index (κ3) is 7.75. The minimum atomic E-state index is -5.10. The Morgan fingerprint density at radius 1 is 0.420 bits per heavy atom. The van der Waals surface area contributed by atoms with E-state index in [1.807, 2.05) is 0 Å². The first kappa shape index (κ1) is 37.8. The third-order valence-corrected chi connectivity index (χ3v) is 7.91. The fourth-order valence-corrected chi connectivity index (χ4v) is 5.32. The molecule has 0 saturated carbocycles. The number of benzene rings is 3. The Bertz CT molecular complexity index is 1880. The summed E-state index contributed by atoms with van der Waals surface area (Å²) in [6, 6.07) is 17.6. The van der Waals surface area contributed by atoms with Crippen LogP contribution in [0.4, 0.5) is 39.5 Å². The van der Waals surface area contributed by atoms with Gasteiger partial charge in [-0.25, -0.2) is 15.3 Å². The molecule has 0 unspecified atom stereocenters. The molecule has 6 aromatic rings. The summed E-state index contributed by atoms with van der Waals surface area (Å²) < 4.78 is 130. The van der Waals surface area contributed by atoms with E-state index in [1.165, 1.54) is 72.8 Å². The number of hydrogen-bond acceptors (Lipinski definition) is 3. The Labute approximate surface area is 313 Å². The van der Waals surface area contributed by atoms with E-state index in [2.05, 4.69) is 15.3 Å². The molecule has 0 aliphatic rings. The average Bonchev–Trinajstić information content (AvgIpc) is 3.77. The molecule has 0 aliphatic heterocycles. The summed E-state index contributed by atoms with van der Waals surface area (Å²) in [6.45, 7) is 0. The first-order valence-electron chi connectivity index (χ1n) is 13.7. The van der Waals surface area contributed by atoms with Crippen LogP contribution in [-0.4, -0.2) is 36.2 Å². The van der Waals surface area contributed by atoms with Crippen LogP contribution in [0.5, 0.6) is 0 Å². The zero-order chi connectivity index (χ0) is 35.5. The standard InChI is InChI=1S/C30H15BCl3F9N6.Na/c32-19-7-1-16(2-8-19)22-13-25(28(35,36)37)44-47(22)31(48-23(14-26(45-48)29(38,39)40)17-3-9-20(33)10-4-17)49-24(15-27(46-49)30(41,42)43)18-5-11-21(34)12-6-18;/h1-15H;/q-1;+1. The minimum absolute atomic E-state index is 0. The van der Waals surface area contributed by atoms with Crippen molar-refractivity contribution < 1.29 is 69.1 Å². The van der Waals surface area contributed by atoms with E-state index in [4.69, 9.17) is 34.8 Å². The number of rotatable bonds is 6. The Balaban J connectivity index is 0.00000486. The van der Waals surface area contributed by atoms with Crippen LogP contribution in [-0.2, 0) is 18.5 Å². The van der Waals surface area contributed by atoms with Crippen LogP contribution in [0.15, 0.2) is 91.0 Å². The molecule has 0 atom stereocenters. The van der Waals surface area contributed by atoms with E-state index in [0.29, 0.717) is 32.0 Å². The van der Waals surface area contributed by atoms with E-state index in [9.17, 15) is 39.5 Å². The zero-order valence-electron chi connectivity index (χ0n) is 25.0. The van der Waals surface area contributed by atoms with E-state index in [1.54, 1.807) is 0 Å². The van der Waals surface area contributed by atoms with Gasteiger partial charge in [0.25, 0.3) is 7.12 Å². The summed E-state index contributed by atoms with van der Waals surface area (Å²) in [5.41, 5.74) is -5.52. The smallest absolute Gasteiger partial charge is 0.418 e. The molecule has 1 radical (unpaired) electrons. The maximum atomic E-state index is 14.2. The van der Waals surface area contributed by atoms with Gasteiger partial charge in [-0.15, -0.1) is 0 Å². The van der Waals surface area contributed by atoms with Gasteiger partial charge in [0, 0.05) is 32.1 Å². The second kappa shape index (κ2) is 14.0. The summed E-state index contributed by atoms with van der Waals surface area (Å²) in [4.78, 5) is 0. The number of halogens is 12. The van der Waals surface area contributed by atoms with Crippen molar-refractivity contribution >= 4 is 41.9 Å². The second-order valence-corrected chi connectivity index (χ2v) is 11.7. The van der Waals surface area contributed by atoms with Crippen LogP contribution in [0.3, 0.4) is 0 Å². The number of alkyl halides is 9. The van der Waals surface area contributed by atoms with Gasteiger partial charge in [0.15, 0.2) is 17.1 Å². The van der Waals surface area contributed by atoms with E-state index >= 15 is 0 Å². The van der Waals surface area contributed by atoms with Crippen molar-refractivity contribution in [3.63, 3.8) is 0 Å². The summed E-state index contributed by atoms with van der Waals surface area (Å²) in [7, 11) is -2.16. The molecule has 0 N–H and O–H groups in total. The fourth-order valence-electron chi connectivity index (χ4n) is 4.95. The summed E-state index contributed by atoms with van der Waals surface area (Å²) in [5.74, 6) is 0. The Kier molecular flexibility index (Phi) is 10.6. The predicted octanol–water partition coefficient (Wildman–Crippen LogP) is 7.23. The van der Waals surface area contributed by atoms with Crippen LogP contribution < -0.4 is 29.6 Å². The van der Waals surface area contributed by atoms with Crippen molar-refractivity contribution in [2.45, 2.75) is 18.5 Å². The van der Waals surface area contributed by atoms with E-state index in [-0.39, 0.29) is 78.4 Å². The van der Waals surface area contributed by atoms with Gasteiger partial charge >= 0.3 is 48.1 Å². The van der Waals surface area contributed by atoms with Crippen molar-refractivity contribution in [3.05, 3.63) is 123 Å². The van der Waals surface area contributed by atoms with Gasteiger partial charge in [0.1, 0.15) is 0 Å². The first-order chi connectivity index (χ1) is 22.9. The zero-order valence-corrected chi connectivity index (χ0v) is 29.2. The molecule has 0 bridgehead atoms. The van der Waals surface area contributed by atoms with E-state index < -0.39 is 42.7 Å². The maximum Gasteiger partial charge on any atom is 1.00 e. The molecular weight excluding hydrogens is 756 g/mol. The van der Waals surface area contributed by atoms with Crippen LogP contribution in [0.25, 0.3) is 33.8 Å². The van der Waals surface area contributed by atoms with Crippen molar-refractivity contribution in [1.82, 2.24) is 29.1 Å². The molecule has 0 fully saturated rings. The summed E-state index contributed by atoms with van der Waals surface area (Å²) in [5, 5.41) is 11.7. The molecule has 6 nitrogen and oxygen atoms in total.